The first-order valence-corrected chi connectivity index (χ1v) is 7.89. The molecule has 0 bridgehead atoms. The molecule has 0 atom stereocenters. The predicted molar refractivity (Wildman–Crippen MR) is 96.1 cm³/mol. The van der Waals surface area contributed by atoms with Crippen LogP contribution in [-0.2, 0) is 0 Å². The van der Waals surface area contributed by atoms with Crippen LogP contribution in [0.5, 0.6) is 11.5 Å². The summed E-state index contributed by atoms with van der Waals surface area (Å²) >= 11 is 0. The molecule has 0 unspecified atom stereocenters. The third-order valence-corrected chi connectivity index (χ3v) is 3.85. The Kier molecular flexibility index (Phi) is 4.83. The van der Waals surface area contributed by atoms with E-state index in [9.17, 15) is 4.79 Å². The van der Waals surface area contributed by atoms with E-state index in [4.69, 9.17) is 9.47 Å². The lowest BCUT2D eigenvalue weighted by Crippen LogP contribution is -2.12. The van der Waals surface area contributed by atoms with Gasteiger partial charge in [0, 0.05) is 18.3 Å². The Labute approximate surface area is 150 Å². The van der Waals surface area contributed by atoms with Gasteiger partial charge in [0.15, 0.2) is 0 Å². The minimum absolute atomic E-state index is 0.285. The fourth-order valence-corrected chi connectivity index (χ4v) is 2.48. The number of anilines is 1. The molecule has 0 saturated carbocycles. The molecule has 0 fully saturated rings. The van der Waals surface area contributed by atoms with Gasteiger partial charge in [-0.2, -0.15) is 0 Å². The van der Waals surface area contributed by atoms with Crippen LogP contribution in [0.1, 0.15) is 22.0 Å². The molecule has 1 amide bonds. The molecule has 0 aliphatic heterocycles. The van der Waals surface area contributed by atoms with Crippen molar-refractivity contribution in [2.75, 3.05) is 19.5 Å². The van der Waals surface area contributed by atoms with Gasteiger partial charge < -0.3 is 19.4 Å². The highest BCUT2D eigenvalue weighted by Crippen LogP contribution is 2.21. The average molecular weight is 353 g/mol. The second-order valence-electron chi connectivity index (χ2n) is 5.59. The lowest BCUT2D eigenvalue weighted by Gasteiger charge is -2.09. The van der Waals surface area contributed by atoms with E-state index < -0.39 is 0 Å². The van der Waals surface area contributed by atoms with Crippen molar-refractivity contribution in [2.45, 2.75) is 13.8 Å². The van der Waals surface area contributed by atoms with Gasteiger partial charge in [-0.05, 0) is 13.8 Å². The van der Waals surface area contributed by atoms with Crippen LogP contribution in [-0.4, -0.2) is 39.6 Å². The predicted octanol–water partition coefficient (Wildman–Crippen LogP) is 2.55. The largest absolute Gasteiger partial charge is 0.495 e. The number of carbonyl (C=O) groups excluding carboxylic acids is 1. The van der Waals surface area contributed by atoms with Gasteiger partial charge in [0.05, 0.1) is 49.9 Å². The summed E-state index contributed by atoms with van der Waals surface area (Å²) < 4.78 is 12.1. The molecule has 3 heterocycles. The van der Waals surface area contributed by atoms with Crippen molar-refractivity contribution >= 4 is 11.6 Å². The molecule has 26 heavy (non-hydrogen) atoms. The Morgan fingerprint density at radius 3 is 2.54 bits per heavy atom. The zero-order chi connectivity index (χ0) is 18.7. The van der Waals surface area contributed by atoms with Crippen LogP contribution in [0.3, 0.4) is 0 Å². The van der Waals surface area contributed by atoms with Gasteiger partial charge in [0.1, 0.15) is 23.0 Å². The molecule has 0 aliphatic carbocycles. The first-order valence-electron chi connectivity index (χ1n) is 7.89. The minimum Gasteiger partial charge on any atom is -0.495 e. The maximum Gasteiger partial charge on any atom is 0.275 e. The van der Waals surface area contributed by atoms with Crippen molar-refractivity contribution in [2.24, 2.45) is 0 Å². The number of ether oxygens (including phenoxy) is 2. The Balaban J connectivity index is 1.89. The third-order valence-electron chi connectivity index (χ3n) is 3.85. The number of imidazole rings is 1. The van der Waals surface area contributed by atoms with Gasteiger partial charge in [-0.15, -0.1) is 0 Å². The smallest absolute Gasteiger partial charge is 0.275 e. The number of aromatic nitrogens is 4. The first kappa shape index (κ1) is 17.4. The van der Waals surface area contributed by atoms with E-state index in [2.05, 4.69) is 20.3 Å². The molecule has 0 saturated heterocycles. The van der Waals surface area contributed by atoms with Crippen LogP contribution in [0.2, 0.25) is 0 Å². The van der Waals surface area contributed by atoms with E-state index in [-0.39, 0.29) is 11.6 Å². The molecule has 8 nitrogen and oxygen atoms in total. The summed E-state index contributed by atoms with van der Waals surface area (Å²) in [6.07, 6.45) is 6.42. The van der Waals surface area contributed by atoms with E-state index >= 15 is 0 Å². The van der Waals surface area contributed by atoms with Gasteiger partial charge in [-0.25, -0.2) is 4.98 Å². The number of aryl methyl sites for hydroxylation is 2. The standard InChI is InChI=1S/C18H19N5O3/c1-11-17(6-15(26-4)9-20-11)23-10-16(21-12(23)2)18(24)22-13-5-14(25-3)8-19-7-13/h5-10H,1-4H3,(H,22,24). The van der Waals surface area contributed by atoms with Gasteiger partial charge >= 0.3 is 0 Å². The Morgan fingerprint density at radius 2 is 1.81 bits per heavy atom. The van der Waals surface area contributed by atoms with E-state index in [0.29, 0.717) is 23.0 Å². The fourth-order valence-electron chi connectivity index (χ4n) is 2.48. The number of amides is 1. The Morgan fingerprint density at radius 1 is 1.08 bits per heavy atom. The second-order valence-corrected chi connectivity index (χ2v) is 5.59. The summed E-state index contributed by atoms with van der Waals surface area (Å²) in [5, 5.41) is 2.76. The molecule has 3 rings (SSSR count). The molecule has 8 heteroatoms. The number of hydrogen-bond donors (Lipinski definition) is 1. The molecule has 0 spiro atoms. The summed E-state index contributed by atoms with van der Waals surface area (Å²) in [6, 6.07) is 3.54. The maximum atomic E-state index is 12.5. The normalized spacial score (nSPS) is 10.5. The molecule has 3 aromatic rings. The summed E-state index contributed by atoms with van der Waals surface area (Å²) in [6.45, 7) is 3.71. The van der Waals surface area contributed by atoms with Crippen molar-refractivity contribution in [3.05, 3.63) is 54.1 Å². The summed E-state index contributed by atoms with van der Waals surface area (Å²) in [5.74, 6) is 1.52. The van der Waals surface area contributed by atoms with E-state index in [1.54, 1.807) is 38.0 Å². The second kappa shape index (κ2) is 7.22. The molecule has 1 N–H and O–H groups in total. The van der Waals surface area contributed by atoms with Gasteiger partial charge in [0.25, 0.3) is 5.91 Å². The van der Waals surface area contributed by atoms with Crippen molar-refractivity contribution in [1.29, 1.82) is 0 Å². The first-order chi connectivity index (χ1) is 12.5. The number of hydrogen-bond acceptors (Lipinski definition) is 6. The highest BCUT2D eigenvalue weighted by molar-refractivity contribution is 6.02. The number of rotatable bonds is 5. The Hall–Kier alpha value is -3.42. The molecule has 0 aliphatic rings. The monoisotopic (exact) mass is 353 g/mol. The van der Waals surface area contributed by atoms with Crippen molar-refractivity contribution in [3.63, 3.8) is 0 Å². The van der Waals surface area contributed by atoms with Crippen LogP contribution in [0, 0.1) is 13.8 Å². The lowest BCUT2D eigenvalue weighted by atomic mass is 10.3. The van der Waals surface area contributed by atoms with Crippen molar-refractivity contribution < 1.29 is 14.3 Å². The van der Waals surface area contributed by atoms with Gasteiger partial charge in [0.2, 0.25) is 0 Å². The third kappa shape index (κ3) is 3.49. The SMILES string of the molecule is COc1cncc(NC(=O)c2cn(-c3cc(OC)cnc3C)c(C)n2)c1. The minimum atomic E-state index is -0.338. The Bertz CT molecular complexity index is 952. The van der Waals surface area contributed by atoms with Gasteiger partial charge in [-0.3, -0.25) is 14.8 Å². The molecule has 0 aromatic carbocycles. The molecule has 0 radical (unpaired) electrons. The molecule has 134 valence electrons. The summed E-state index contributed by atoms with van der Waals surface area (Å²) in [5.41, 5.74) is 2.42. The van der Waals surface area contributed by atoms with E-state index in [1.807, 2.05) is 24.5 Å². The van der Waals surface area contributed by atoms with Gasteiger partial charge in [-0.1, -0.05) is 0 Å². The average Bonchev–Trinajstić information content (AvgIpc) is 3.04. The highest BCUT2D eigenvalue weighted by Gasteiger charge is 2.15. The van der Waals surface area contributed by atoms with E-state index in [1.165, 1.54) is 7.11 Å². The van der Waals surface area contributed by atoms with Crippen molar-refractivity contribution in [3.8, 4) is 17.2 Å². The topological polar surface area (TPSA) is 91.2 Å². The number of nitrogens with one attached hydrogen (secondary N) is 1. The zero-order valence-corrected chi connectivity index (χ0v) is 15.0. The van der Waals surface area contributed by atoms with Crippen LogP contribution in [0.25, 0.3) is 5.69 Å². The lowest BCUT2D eigenvalue weighted by molar-refractivity contribution is 0.102. The highest BCUT2D eigenvalue weighted by atomic mass is 16.5. The number of pyridine rings is 2. The van der Waals surface area contributed by atoms with E-state index in [0.717, 1.165) is 11.4 Å². The van der Waals surface area contributed by atoms with Crippen molar-refractivity contribution in [1.82, 2.24) is 19.5 Å². The van der Waals surface area contributed by atoms with Crippen LogP contribution in [0.4, 0.5) is 5.69 Å². The summed E-state index contributed by atoms with van der Waals surface area (Å²) in [4.78, 5) is 25.2. The maximum absolute atomic E-state index is 12.5. The molecule has 3 aromatic heterocycles. The number of carbonyl (C=O) groups is 1. The fraction of sp³-hybridized carbons (Fsp3) is 0.222. The zero-order valence-electron chi connectivity index (χ0n) is 15.0. The quantitative estimate of drug-likeness (QED) is 0.758. The molecular weight excluding hydrogens is 334 g/mol. The van der Waals surface area contributed by atoms with Crippen LogP contribution >= 0.6 is 0 Å². The van der Waals surface area contributed by atoms with Crippen LogP contribution < -0.4 is 14.8 Å². The number of methoxy groups -OCH3 is 2. The summed E-state index contributed by atoms with van der Waals surface area (Å²) in [7, 11) is 3.12. The number of nitrogens with zero attached hydrogens (tertiary/aromatic N) is 4. The molecular formula is C18H19N5O3. The van der Waals surface area contributed by atoms with Crippen LogP contribution in [0.15, 0.2) is 36.9 Å².